The highest BCUT2D eigenvalue weighted by atomic mass is 16.5. The topological polar surface area (TPSA) is 76.7 Å². The molecule has 0 aliphatic heterocycles. The van der Waals surface area contributed by atoms with Crippen molar-refractivity contribution in [3.63, 3.8) is 0 Å². The number of amides is 2. The first kappa shape index (κ1) is 19.3. The second kappa shape index (κ2) is 8.89. The van der Waals surface area contributed by atoms with Crippen LogP contribution in [-0.2, 0) is 4.79 Å². The van der Waals surface area contributed by atoms with Crippen molar-refractivity contribution in [2.24, 2.45) is 0 Å². The summed E-state index contributed by atoms with van der Waals surface area (Å²) in [4.78, 5) is 24.3. The number of hydrazine groups is 1. The lowest BCUT2D eigenvalue weighted by atomic mass is 10.0. The van der Waals surface area contributed by atoms with Gasteiger partial charge in [0.1, 0.15) is 11.5 Å². The van der Waals surface area contributed by atoms with Crippen molar-refractivity contribution >= 4 is 11.8 Å². The van der Waals surface area contributed by atoms with Crippen LogP contribution in [0.4, 0.5) is 0 Å². The van der Waals surface area contributed by atoms with Gasteiger partial charge in [-0.1, -0.05) is 38.1 Å². The minimum absolute atomic E-state index is 0.327. The number of nitrogens with one attached hydrogen (secondary N) is 2. The highest BCUT2D eigenvalue weighted by Gasteiger charge is 2.17. The Morgan fingerprint density at radius 2 is 1.58 bits per heavy atom. The lowest BCUT2D eigenvalue weighted by Gasteiger charge is -2.16. The Hall–Kier alpha value is -3.02. The van der Waals surface area contributed by atoms with E-state index in [0.717, 1.165) is 0 Å². The maximum atomic E-state index is 12.2. The number of benzene rings is 2. The normalized spacial score (nSPS) is 11.6. The molecule has 26 heavy (non-hydrogen) atoms. The van der Waals surface area contributed by atoms with Crippen LogP contribution in [0.1, 0.15) is 42.6 Å². The first-order valence-corrected chi connectivity index (χ1v) is 8.42. The Morgan fingerprint density at radius 1 is 0.923 bits per heavy atom. The van der Waals surface area contributed by atoms with Crippen molar-refractivity contribution in [2.45, 2.75) is 32.8 Å². The third-order valence-corrected chi connectivity index (χ3v) is 3.88. The van der Waals surface area contributed by atoms with E-state index in [2.05, 4.69) is 24.7 Å². The van der Waals surface area contributed by atoms with Crippen LogP contribution >= 0.6 is 0 Å². The van der Waals surface area contributed by atoms with Crippen molar-refractivity contribution < 1.29 is 19.1 Å². The van der Waals surface area contributed by atoms with Crippen LogP contribution < -0.4 is 20.3 Å². The molecule has 0 bridgehead atoms. The van der Waals surface area contributed by atoms with Gasteiger partial charge in [-0.2, -0.15) is 0 Å². The minimum Gasteiger partial charge on any atom is -0.496 e. The molecule has 1 atom stereocenters. The molecule has 0 heterocycles. The van der Waals surface area contributed by atoms with Crippen LogP contribution in [0.25, 0.3) is 0 Å². The minimum atomic E-state index is -0.766. The van der Waals surface area contributed by atoms with Crippen LogP contribution in [0.3, 0.4) is 0 Å². The Morgan fingerprint density at radius 3 is 2.19 bits per heavy atom. The largest absolute Gasteiger partial charge is 0.496 e. The van der Waals surface area contributed by atoms with Gasteiger partial charge < -0.3 is 9.47 Å². The fourth-order valence-corrected chi connectivity index (χ4v) is 2.31. The number of para-hydroxylation sites is 1. The molecule has 0 aliphatic carbocycles. The molecule has 2 aromatic carbocycles. The van der Waals surface area contributed by atoms with E-state index in [1.54, 1.807) is 31.2 Å². The SMILES string of the molecule is COc1ccccc1C(=O)NNC(=O)[C@@H](C)Oc1ccc(C(C)C)cc1. The molecular weight excluding hydrogens is 332 g/mol. The summed E-state index contributed by atoms with van der Waals surface area (Å²) < 4.78 is 10.7. The van der Waals surface area contributed by atoms with Crippen molar-refractivity contribution in [3.05, 3.63) is 59.7 Å². The zero-order valence-electron chi connectivity index (χ0n) is 15.4. The molecule has 6 heteroatoms. The van der Waals surface area contributed by atoms with E-state index in [-0.39, 0.29) is 0 Å². The number of carbonyl (C=O) groups excluding carboxylic acids is 2. The molecule has 0 unspecified atom stereocenters. The highest BCUT2D eigenvalue weighted by Crippen LogP contribution is 2.19. The Balaban J connectivity index is 1.89. The first-order chi connectivity index (χ1) is 12.4. The average molecular weight is 356 g/mol. The molecule has 0 aliphatic rings. The van der Waals surface area contributed by atoms with Gasteiger partial charge in [0.2, 0.25) is 0 Å². The van der Waals surface area contributed by atoms with Crippen molar-refractivity contribution in [2.75, 3.05) is 7.11 Å². The van der Waals surface area contributed by atoms with Gasteiger partial charge >= 0.3 is 0 Å². The van der Waals surface area contributed by atoms with Gasteiger partial charge in [-0.05, 0) is 42.7 Å². The number of hydrogen-bond acceptors (Lipinski definition) is 4. The summed E-state index contributed by atoms with van der Waals surface area (Å²) in [6, 6.07) is 14.3. The van der Waals surface area contributed by atoms with E-state index >= 15 is 0 Å². The van der Waals surface area contributed by atoms with Gasteiger partial charge in [0, 0.05) is 0 Å². The second-order valence-electron chi connectivity index (χ2n) is 6.13. The summed E-state index contributed by atoms with van der Waals surface area (Å²) in [5.41, 5.74) is 6.25. The van der Waals surface area contributed by atoms with Gasteiger partial charge in [0.25, 0.3) is 11.8 Å². The van der Waals surface area contributed by atoms with Crippen LogP contribution in [-0.4, -0.2) is 25.0 Å². The molecule has 0 saturated heterocycles. The second-order valence-corrected chi connectivity index (χ2v) is 6.13. The maximum Gasteiger partial charge on any atom is 0.279 e. The molecule has 0 aromatic heterocycles. The van der Waals surface area contributed by atoms with Gasteiger partial charge in [0.05, 0.1) is 12.7 Å². The molecule has 0 saturated carbocycles. The molecule has 2 N–H and O–H groups in total. The molecule has 6 nitrogen and oxygen atoms in total. The first-order valence-electron chi connectivity index (χ1n) is 8.42. The molecule has 0 fully saturated rings. The highest BCUT2D eigenvalue weighted by molar-refractivity contribution is 5.98. The molecule has 2 amide bonds. The van der Waals surface area contributed by atoms with Crippen molar-refractivity contribution in [1.29, 1.82) is 0 Å². The molecule has 0 spiro atoms. The molecule has 2 aromatic rings. The summed E-state index contributed by atoms with van der Waals surface area (Å²) in [6.07, 6.45) is -0.766. The number of ether oxygens (including phenoxy) is 2. The number of carbonyl (C=O) groups is 2. The van der Waals surface area contributed by atoms with Crippen LogP contribution in [0.2, 0.25) is 0 Å². The zero-order chi connectivity index (χ0) is 19.1. The summed E-state index contributed by atoms with van der Waals surface area (Å²) in [5, 5.41) is 0. The Kier molecular flexibility index (Phi) is 6.60. The lowest BCUT2D eigenvalue weighted by molar-refractivity contribution is -0.128. The van der Waals surface area contributed by atoms with Gasteiger partial charge in [-0.15, -0.1) is 0 Å². The molecular formula is C20H24N2O4. The number of rotatable bonds is 6. The average Bonchev–Trinajstić information content (AvgIpc) is 2.66. The van der Waals surface area contributed by atoms with E-state index in [9.17, 15) is 9.59 Å². The fraction of sp³-hybridized carbons (Fsp3) is 0.300. The van der Waals surface area contributed by atoms with E-state index in [4.69, 9.17) is 9.47 Å². The van der Waals surface area contributed by atoms with Crippen molar-refractivity contribution in [1.82, 2.24) is 10.9 Å². The van der Waals surface area contributed by atoms with E-state index in [1.807, 2.05) is 24.3 Å². The molecule has 2 rings (SSSR count). The standard InChI is InChI=1S/C20H24N2O4/c1-13(2)15-9-11-16(12-10-15)26-14(3)19(23)21-22-20(24)17-7-5-6-8-18(17)25-4/h5-14H,1-4H3,(H,21,23)(H,22,24)/t14-/m1/s1. The van der Waals surface area contributed by atoms with Gasteiger partial charge in [-0.3, -0.25) is 20.4 Å². The van der Waals surface area contributed by atoms with E-state index in [1.165, 1.54) is 12.7 Å². The molecule has 0 radical (unpaired) electrons. The van der Waals surface area contributed by atoms with Crippen LogP contribution in [0.5, 0.6) is 11.5 Å². The zero-order valence-corrected chi connectivity index (χ0v) is 15.4. The maximum absolute atomic E-state index is 12.2. The predicted octanol–water partition coefficient (Wildman–Crippen LogP) is 3.05. The number of methoxy groups -OCH3 is 1. The van der Waals surface area contributed by atoms with Crippen LogP contribution in [0.15, 0.2) is 48.5 Å². The summed E-state index contributed by atoms with van der Waals surface area (Å²) in [5.74, 6) is 0.516. The summed E-state index contributed by atoms with van der Waals surface area (Å²) >= 11 is 0. The van der Waals surface area contributed by atoms with E-state index < -0.39 is 17.9 Å². The Bertz CT molecular complexity index is 757. The predicted molar refractivity (Wildman–Crippen MR) is 99.2 cm³/mol. The third-order valence-electron chi connectivity index (χ3n) is 3.88. The van der Waals surface area contributed by atoms with Crippen LogP contribution in [0, 0.1) is 0 Å². The quantitative estimate of drug-likeness (QED) is 0.780. The Labute approximate surface area is 153 Å². The summed E-state index contributed by atoms with van der Waals surface area (Å²) in [7, 11) is 1.48. The molecule has 138 valence electrons. The monoisotopic (exact) mass is 356 g/mol. The number of hydrogen-bond donors (Lipinski definition) is 2. The van der Waals surface area contributed by atoms with Crippen molar-refractivity contribution in [3.8, 4) is 11.5 Å². The lowest BCUT2D eigenvalue weighted by Crippen LogP contribution is -2.47. The van der Waals surface area contributed by atoms with Gasteiger partial charge in [0.15, 0.2) is 6.10 Å². The smallest absolute Gasteiger partial charge is 0.279 e. The fourth-order valence-electron chi connectivity index (χ4n) is 2.31. The van der Waals surface area contributed by atoms with Gasteiger partial charge in [-0.25, -0.2) is 0 Å². The van der Waals surface area contributed by atoms with E-state index in [0.29, 0.717) is 23.0 Å². The third kappa shape index (κ3) is 4.99. The summed E-state index contributed by atoms with van der Waals surface area (Å²) in [6.45, 7) is 5.83.